The van der Waals surface area contributed by atoms with Gasteiger partial charge in [0, 0.05) is 57.2 Å². The van der Waals surface area contributed by atoms with E-state index in [0.29, 0.717) is 18.0 Å². The third kappa shape index (κ3) is 4.64. The molecular weight excluding hydrogens is 262 g/mol. The minimum atomic E-state index is 0.547. The normalized spacial score (nSPS) is 18.5. The molecule has 118 valence electrons. The Balaban J connectivity index is 1.89. The predicted octanol–water partition coefficient (Wildman–Crippen LogP) is 1.62. The van der Waals surface area contributed by atoms with Crippen molar-refractivity contribution in [1.29, 1.82) is 0 Å². The van der Waals surface area contributed by atoms with Crippen LogP contribution >= 0.6 is 0 Å². The molecule has 1 unspecified atom stereocenters. The molecule has 2 rings (SSSR count). The molecule has 21 heavy (non-hydrogen) atoms. The van der Waals surface area contributed by atoms with E-state index >= 15 is 0 Å². The summed E-state index contributed by atoms with van der Waals surface area (Å²) in [5.41, 5.74) is 0. The summed E-state index contributed by atoms with van der Waals surface area (Å²) in [6.45, 7) is 14.3. The van der Waals surface area contributed by atoms with Gasteiger partial charge in [-0.3, -0.25) is 4.90 Å². The van der Waals surface area contributed by atoms with E-state index in [1.165, 1.54) is 0 Å². The Morgan fingerprint density at radius 2 is 1.67 bits per heavy atom. The van der Waals surface area contributed by atoms with E-state index in [9.17, 15) is 0 Å². The Bertz CT molecular complexity index is 398. The average Bonchev–Trinajstić information content (AvgIpc) is 2.48. The van der Waals surface area contributed by atoms with Crippen LogP contribution in [0.4, 0.5) is 5.95 Å². The van der Waals surface area contributed by atoms with E-state index in [0.717, 1.165) is 38.7 Å². The Labute approximate surface area is 128 Å². The maximum Gasteiger partial charge on any atom is 0.225 e. The summed E-state index contributed by atoms with van der Waals surface area (Å²) < 4.78 is 0. The molecule has 1 aromatic heterocycles. The highest BCUT2D eigenvalue weighted by Crippen LogP contribution is 2.16. The fourth-order valence-corrected chi connectivity index (χ4v) is 2.85. The van der Waals surface area contributed by atoms with Gasteiger partial charge < -0.3 is 10.2 Å². The first kappa shape index (κ1) is 16.2. The Hall–Kier alpha value is -1.20. The van der Waals surface area contributed by atoms with Crippen molar-refractivity contribution in [3.63, 3.8) is 0 Å². The molecule has 0 bridgehead atoms. The lowest BCUT2D eigenvalue weighted by Crippen LogP contribution is -2.55. The topological polar surface area (TPSA) is 44.3 Å². The zero-order valence-corrected chi connectivity index (χ0v) is 13.8. The highest BCUT2D eigenvalue weighted by molar-refractivity contribution is 5.29. The third-order valence-corrected chi connectivity index (χ3v) is 4.12. The van der Waals surface area contributed by atoms with Gasteiger partial charge >= 0.3 is 0 Å². The minimum absolute atomic E-state index is 0.547. The van der Waals surface area contributed by atoms with Crippen molar-refractivity contribution in [3.05, 3.63) is 18.5 Å². The second-order valence-electron chi connectivity index (χ2n) is 6.45. The summed E-state index contributed by atoms with van der Waals surface area (Å²) >= 11 is 0. The van der Waals surface area contributed by atoms with E-state index in [4.69, 9.17) is 0 Å². The van der Waals surface area contributed by atoms with Crippen LogP contribution in [0.1, 0.15) is 27.7 Å². The molecule has 1 aliphatic rings. The fraction of sp³-hybridized carbons (Fsp3) is 0.750. The Morgan fingerprint density at radius 3 is 2.19 bits per heavy atom. The summed E-state index contributed by atoms with van der Waals surface area (Å²) in [4.78, 5) is 13.6. The first-order valence-electron chi connectivity index (χ1n) is 8.07. The summed E-state index contributed by atoms with van der Waals surface area (Å²) in [6.07, 6.45) is 3.64. The van der Waals surface area contributed by atoms with Crippen molar-refractivity contribution < 1.29 is 0 Å². The maximum atomic E-state index is 4.35. The molecule has 1 N–H and O–H groups in total. The van der Waals surface area contributed by atoms with Gasteiger partial charge in [0.15, 0.2) is 0 Å². The molecule has 1 fully saturated rings. The Kier molecular flexibility index (Phi) is 5.94. The molecule has 2 heterocycles. The maximum absolute atomic E-state index is 4.35. The first-order valence-corrected chi connectivity index (χ1v) is 8.07. The lowest BCUT2D eigenvalue weighted by atomic mass is 10.0. The molecule has 1 atom stereocenters. The van der Waals surface area contributed by atoms with Gasteiger partial charge in [0.1, 0.15) is 0 Å². The van der Waals surface area contributed by atoms with Crippen LogP contribution in [0.5, 0.6) is 0 Å². The van der Waals surface area contributed by atoms with Crippen LogP contribution < -0.4 is 10.2 Å². The Morgan fingerprint density at radius 1 is 1.05 bits per heavy atom. The standard InChI is InChI=1S/C16H29N5/c1-13(2)15(12-19-14(3)4)20-8-10-21(11-9-20)16-17-6-5-7-18-16/h5-7,13-15,19H,8-12H2,1-4H3. The van der Waals surface area contributed by atoms with E-state index < -0.39 is 0 Å². The van der Waals surface area contributed by atoms with Crippen LogP contribution in [0.2, 0.25) is 0 Å². The summed E-state index contributed by atoms with van der Waals surface area (Å²) in [6, 6.07) is 3.02. The fourth-order valence-electron chi connectivity index (χ4n) is 2.85. The lowest BCUT2D eigenvalue weighted by Gasteiger charge is -2.41. The molecule has 1 aliphatic heterocycles. The van der Waals surface area contributed by atoms with E-state index in [1.54, 1.807) is 0 Å². The summed E-state index contributed by atoms with van der Waals surface area (Å²) in [7, 11) is 0. The first-order chi connectivity index (χ1) is 10.1. The van der Waals surface area contributed by atoms with Gasteiger partial charge in [-0.05, 0) is 12.0 Å². The van der Waals surface area contributed by atoms with Crippen LogP contribution in [0.25, 0.3) is 0 Å². The predicted molar refractivity (Wildman–Crippen MR) is 87.6 cm³/mol. The lowest BCUT2D eigenvalue weighted by molar-refractivity contribution is 0.141. The van der Waals surface area contributed by atoms with Crippen molar-refractivity contribution in [2.24, 2.45) is 5.92 Å². The highest BCUT2D eigenvalue weighted by atomic mass is 15.3. The number of nitrogens with one attached hydrogen (secondary N) is 1. The summed E-state index contributed by atoms with van der Waals surface area (Å²) in [5, 5.41) is 3.59. The smallest absolute Gasteiger partial charge is 0.225 e. The molecule has 1 aromatic rings. The number of nitrogens with zero attached hydrogens (tertiary/aromatic N) is 4. The molecule has 5 heteroatoms. The van der Waals surface area contributed by atoms with Gasteiger partial charge in [0.05, 0.1) is 0 Å². The van der Waals surface area contributed by atoms with Crippen molar-refractivity contribution in [2.45, 2.75) is 39.8 Å². The molecule has 0 aliphatic carbocycles. The molecule has 1 saturated heterocycles. The number of hydrogen-bond donors (Lipinski definition) is 1. The van der Waals surface area contributed by atoms with E-state index in [1.807, 2.05) is 18.5 Å². The van der Waals surface area contributed by atoms with Gasteiger partial charge in [-0.25, -0.2) is 9.97 Å². The quantitative estimate of drug-likeness (QED) is 0.863. The molecular formula is C16H29N5. The molecule has 0 radical (unpaired) electrons. The zero-order chi connectivity index (χ0) is 15.2. The molecule has 0 saturated carbocycles. The molecule has 0 aromatic carbocycles. The second kappa shape index (κ2) is 7.71. The van der Waals surface area contributed by atoms with Crippen molar-refractivity contribution in [2.75, 3.05) is 37.6 Å². The number of rotatable bonds is 6. The number of piperazine rings is 1. The van der Waals surface area contributed by atoms with Crippen LogP contribution in [-0.4, -0.2) is 59.7 Å². The van der Waals surface area contributed by atoms with E-state index in [2.05, 4.69) is 52.8 Å². The summed E-state index contributed by atoms with van der Waals surface area (Å²) in [5.74, 6) is 1.52. The van der Waals surface area contributed by atoms with Crippen molar-refractivity contribution in [1.82, 2.24) is 20.2 Å². The van der Waals surface area contributed by atoms with Gasteiger partial charge in [-0.2, -0.15) is 0 Å². The monoisotopic (exact) mass is 291 g/mol. The minimum Gasteiger partial charge on any atom is -0.338 e. The van der Waals surface area contributed by atoms with Crippen LogP contribution in [-0.2, 0) is 0 Å². The number of aromatic nitrogens is 2. The van der Waals surface area contributed by atoms with Gasteiger partial charge in [-0.15, -0.1) is 0 Å². The zero-order valence-electron chi connectivity index (χ0n) is 13.8. The molecule has 0 amide bonds. The second-order valence-corrected chi connectivity index (χ2v) is 6.45. The molecule has 5 nitrogen and oxygen atoms in total. The number of anilines is 1. The van der Waals surface area contributed by atoms with Gasteiger partial charge in [-0.1, -0.05) is 27.7 Å². The van der Waals surface area contributed by atoms with Crippen molar-refractivity contribution in [3.8, 4) is 0 Å². The largest absolute Gasteiger partial charge is 0.338 e. The van der Waals surface area contributed by atoms with Gasteiger partial charge in [0.25, 0.3) is 0 Å². The highest BCUT2D eigenvalue weighted by Gasteiger charge is 2.26. The number of hydrogen-bond acceptors (Lipinski definition) is 5. The van der Waals surface area contributed by atoms with Crippen LogP contribution in [0.15, 0.2) is 18.5 Å². The van der Waals surface area contributed by atoms with Crippen LogP contribution in [0.3, 0.4) is 0 Å². The SMILES string of the molecule is CC(C)NCC(C(C)C)N1CCN(c2ncccn2)CC1. The third-order valence-electron chi connectivity index (χ3n) is 4.12. The van der Waals surface area contributed by atoms with Gasteiger partial charge in [0.2, 0.25) is 5.95 Å². The average molecular weight is 291 g/mol. The molecule has 0 spiro atoms. The van der Waals surface area contributed by atoms with Crippen LogP contribution in [0, 0.1) is 5.92 Å². The van der Waals surface area contributed by atoms with Crippen molar-refractivity contribution >= 4 is 5.95 Å². The van der Waals surface area contributed by atoms with E-state index in [-0.39, 0.29) is 0 Å².